The van der Waals surface area contributed by atoms with Gasteiger partial charge in [-0.05, 0) is 106 Å². The molecule has 0 fully saturated rings. The molecule has 5 aromatic carbocycles. The second-order valence-corrected chi connectivity index (χ2v) is 18.8. The van der Waals surface area contributed by atoms with Crippen LogP contribution in [0, 0.1) is 0 Å². The Hall–Kier alpha value is -3.11. The molecule has 0 saturated heterocycles. The van der Waals surface area contributed by atoms with Gasteiger partial charge in [-0.15, -0.1) is 11.3 Å². The van der Waals surface area contributed by atoms with Crippen molar-refractivity contribution >= 4 is 65.2 Å². The second-order valence-electron chi connectivity index (χ2n) is 13.6. The quantitative estimate of drug-likeness (QED) is 0.0638. The van der Waals surface area contributed by atoms with Crippen molar-refractivity contribution in [2.75, 3.05) is 23.0 Å². The van der Waals surface area contributed by atoms with Gasteiger partial charge in [0.1, 0.15) is 0 Å². The first kappa shape index (κ1) is 43.5. The molecule has 0 amide bonds. The molecule has 1 aliphatic heterocycles. The minimum absolute atomic E-state index is 0. The summed E-state index contributed by atoms with van der Waals surface area (Å²) in [5.41, 5.74) is 8.44. The molecule has 57 heavy (non-hydrogen) atoms. The van der Waals surface area contributed by atoms with Crippen LogP contribution < -0.4 is 56.3 Å². The molecule has 0 unspecified atom stereocenters. The average Bonchev–Trinajstić information content (AvgIpc) is 3.72. The molecule has 286 valence electrons. The van der Waals surface area contributed by atoms with Crippen molar-refractivity contribution in [2.45, 2.75) is 30.6 Å². The van der Waals surface area contributed by atoms with Crippen molar-refractivity contribution in [1.82, 2.24) is 0 Å². The third-order valence-corrected chi connectivity index (χ3v) is 13.4. The maximum Gasteiger partial charge on any atom is 1.00 e. The standard InChI is InChI=1S/C45H41NO6S4.K/c47-55(48,49)28-10-18-39-40-31-37(35-14-6-2-7-15-35)21-24-43(40)53-42(39)23-19-34(30-33-12-4-1-5-13-33)20-26-45-46(27-11-29-56(50,51)52)41-32-38(22-25-44(41)54-45)36-16-8-3-9-17-36;/h1-9,12-17,19-26,31-32H,10-11,18,27-30H2,(H,47,48,49)(H,50,51,52);/q;+1/p-1/b23-19+,34-20-,45-26-;. The maximum atomic E-state index is 11.7. The van der Waals surface area contributed by atoms with E-state index in [1.807, 2.05) is 54.6 Å². The first-order valence-corrected chi connectivity index (χ1v) is 23.1. The first-order valence-electron chi connectivity index (χ1n) is 18.3. The minimum atomic E-state index is -4.36. The van der Waals surface area contributed by atoms with Gasteiger partial charge in [0.05, 0.1) is 26.6 Å². The summed E-state index contributed by atoms with van der Waals surface area (Å²) in [7, 11) is -8.47. The van der Waals surface area contributed by atoms with E-state index in [1.54, 1.807) is 23.1 Å². The number of anilines is 1. The van der Waals surface area contributed by atoms with E-state index in [0.29, 0.717) is 19.4 Å². The van der Waals surface area contributed by atoms with Crippen LogP contribution in [0.25, 0.3) is 38.4 Å². The molecule has 2 heterocycles. The molecule has 0 saturated carbocycles. The largest absolute Gasteiger partial charge is 1.00 e. The summed E-state index contributed by atoms with van der Waals surface area (Å²) in [6.45, 7) is 0.364. The van der Waals surface area contributed by atoms with Crippen LogP contribution >= 0.6 is 23.1 Å². The van der Waals surface area contributed by atoms with E-state index >= 15 is 0 Å². The fourth-order valence-electron chi connectivity index (χ4n) is 6.83. The first-order chi connectivity index (χ1) is 27.0. The van der Waals surface area contributed by atoms with Gasteiger partial charge in [-0.25, -0.2) is 8.42 Å². The molecule has 1 aromatic heterocycles. The molecule has 6 aromatic rings. The van der Waals surface area contributed by atoms with Gasteiger partial charge in [-0.2, -0.15) is 8.42 Å². The van der Waals surface area contributed by atoms with Crippen LogP contribution in [-0.2, 0) is 33.1 Å². The van der Waals surface area contributed by atoms with Crippen molar-refractivity contribution in [2.24, 2.45) is 0 Å². The Bertz CT molecular complexity index is 2640. The summed E-state index contributed by atoms with van der Waals surface area (Å²) in [4.78, 5) is 4.16. The second kappa shape index (κ2) is 19.8. The van der Waals surface area contributed by atoms with Crippen molar-refractivity contribution in [3.63, 3.8) is 0 Å². The molecule has 1 N–H and O–H groups in total. The summed E-state index contributed by atoms with van der Waals surface area (Å²) in [6, 6.07) is 43.1. The molecule has 0 aliphatic carbocycles. The van der Waals surface area contributed by atoms with Crippen molar-refractivity contribution < 1.29 is 77.3 Å². The van der Waals surface area contributed by atoms with Crippen molar-refractivity contribution in [3.8, 4) is 22.3 Å². The van der Waals surface area contributed by atoms with Crippen molar-refractivity contribution in [1.29, 1.82) is 0 Å². The van der Waals surface area contributed by atoms with E-state index < -0.39 is 26.0 Å². The molecule has 0 atom stereocenters. The van der Waals surface area contributed by atoms with Crippen LogP contribution in [-0.4, -0.2) is 44.0 Å². The number of allylic oxidation sites excluding steroid dienone is 4. The number of nitrogens with zero attached hydrogens (tertiary/aromatic N) is 1. The zero-order valence-electron chi connectivity index (χ0n) is 31.5. The summed E-state index contributed by atoms with van der Waals surface area (Å²) in [6.07, 6.45) is 9.96. The predicted octanol–water partition coefficient (Wildman–Crippen LogP) is 7.63. The van der Waals surface area contributed by atoms with Gasteiger partial charge >= 0.3 is 51.4 Å². The Balaban J connectivity index is 0.00000549. The number of thiophene rings is 1. The van der Waals surface area contributed by atoms with Gasteiger partial charge in [-0.1, -0.05) is 127 Å². The van der Waals surface area contributed by atoms with Gasteiger partial charge in [0.2, 0.25) is 0 Å². The third-order valence-electron chi connectivity index (χ3n) is 9.51. The smallest absolute Gasteiger partial charge is 0.748 e. The molecular formula is C45H40KNO6S4. The molecule has 0 radical (unpaired) electrons. The molecule has 7 nitrogen and oxygen atoms in total. The fraction of sp³-hybridized carbons (Fsp3) is 0.156. The summed E-state index contributed by atoms with van der Waals surface area (Å²) in [5, 5.41) is 1.99. The average molecular weight is 858 g/mol. The van der Waals surface area contributed by atoms with Gasteiger partial charge in [0, 0.05) is 26.8 Å². The molecule has 7 rings (SSSR count). The van der Waals surface area contributed by atoms with Gasteiger partial charge in [0.25, 0.3) is 10.1 Å². The third kappa shape index (κ3) is 12.0. The van der Waals surface area contributed by atoms with Crippen LogP contribution in [0.5, 0.6) is 0 Å². The van der Waals surface area contributed by atoms with Crippen LogP contribution in [0.2, 0.25) is 0 Å². The van der Waals surface area contributed by atoms with Gasteiger partial charge in [-0.3, -0.25) is 4.55 Å². The zero-order chi connectivity index (χ0) is 39.1. The van der Waals surface area contributed by atoms with Crippen LogP contribution in [0.4, 0.5) is 5.69 Å². The molecule has 0 spiro atoms. The maximum absolute atomic E-state index is 11.7. The van der Waals surface area contributed by atoms with E-state index in [-0.39, 0.29) is 70.0 Å². The topological polar surface area (TPSA) is 115 Å². The van der Waals surface area contributed by atoms with Crippen LogP contribution in [0.1, 0.15) is 28.8 Å². The van der Waals surface area contributed by atoms with Gasteiger partial charge in [0.15, 0.2) is 0 Å². The van der Waals surface area contributed by atoms with E-state index in [1.165, 1.54) is 0 Å². The Morgan fingerprint density at radius 3 is 2.02 bits per heavy atom. The zero-order valence-corrected chi connectivity index (χ0v) is 37.8. The monoisotopic (exact) mass is 857 g/mol. The predicted molar refractivity (Wildman–Crippen MR) is 232 cm³/mol. The Morgan fingerprint density at radius 1 is 0.737 bits per heavy atom. The molecule has 1 aliphatic rings. The molecule has 12 heteroatoms. The summed E-state index contributed by atoms with van der Waals surface area (Å²) < 4.78 is 68.7. The Labute approximate surface area is 386 Å². The van der Waals surface area contributed by atoms with E-state index in [9.17, 15) is 25.9 Å². The van der Waals surface area contributed by atoms with Crippen molar-refractivity contribution in [3.05, 3.63) is 172 Å². The molecule has 0 bridgehead atoms. The Kier molecular flexibility index (Phi) is 15.1. The van der Waals surface area contributed by atoms with Crippen LogP contribution in [0.15, 0.2) is 161 Å². The van der Waals surface area contributed by atoms with Crippen LogP contribution in [0.3, 0.4) is 0 Å². The van der Waals surface area contributed by atoms with E-state index in [0.717, 1.165) is 69.5 Å². The minimum Gasteiger partial charge on any atom is -0.748 e. The fourth-order valence-corrected chi connectivity index (χ4v) is 10.0. The number of hydrogen-bond acceptors (Lipinski definition) is 8. The van der Waals surface area contributed by atoms with Gasteiger partial charge < -0.3 is 9.45 Å². The molecular weight excluding hydrogens is 818 g/mol. The number of hydrogen-bond donors (Lipinski definition) is 1. The normalized spacial score (nSPS) is 14.0. The SMILES string of the molecule is O=S(=O)([O-])CCCN1/C(=C/C=C(/C=C/c2sc3ccc(-c4ccccc4)cc3c2CCCS(=O)(=O)O)Cc2ccccc2)Sc2ccc(-c3ccccc3)cc21.[K+]. The Morgan fingerprint density at radius 2 is 1.37 bits per heavy atom. The number of benzene rings is 5. The number of aryl methyl sites for hydroxylation is 1. The summed E-state index contributed by atoms with van der Waals surface area (Å²) >= 11 is 3.26. The number of thioether (sulfide) groups is 1. The number of rotatable bonds is 15. The number of fused-ring (bicyclic) bond motifs is 2. The summed E-state index contributed by atoms with van der Waals surface area (Å²) in [5.74, 6) is -0.760. The van der Waals surface area contributed by atoms with E-state index in [4.69, 9.17) is 0 Å². The van der Waals surface area contributed by atoms with E-state index in [2.05, 4.69) is 102 Å².